The van der Waals surface area contributed by atoms with Crippen LogP contribution in [0.2, 0.25) is 0 Å². The molecule has 0 amide bonds. The average Bonchev–Trinajstić information content (AvgIpc) is 3.03. The summed E-state index contributed by atoms with van der Waals surface area (Å²) in [5, 5.41) is 22.5. The molecular formula is C10H7FIN3O2. The van der Waals surface area contributed by atoms with Gasteiger partial charge in [-0.1, -0.05) is 0 Å². The second-order valence-corrected chi connectivity index (χ2v) is 5.02. The lowest BCUT2D eigenvalue weighted by molar-refractivity contribution is -0.384. The molecule has 1 aliphatic carbocycles. The Morgan fingerprint density at radius 3 is 2.71 bits per heavy atom. The van der Waals surface area contributed by atoms with E-state index >= 15 is 0 Å². The number of hydrogen-bond donors (Lipinski definition) is 1. The molecule has 0 atom stereocenters. The van der Waals surface area contributed by atoms with Crippen LogP contribution in [0.1, 0.15) is 12.8 Å². The number of halogens is 2. The third kappa shape index (κ3) is 2.31. The van der Waals surface area contributed by atoms with Crippen molar-refractivity contribution in [2.75, 3.05) is 5.32 Å². The number of nitro benzene ring substituents is 1. The normalized spacial score (nSPS) is 16.1. The molecular weight excluding hydrogens is 340 g/mol. The van der Waals surface area contributed by atoms with E-state index in [9.17, 15) is 14.5 Å². The van der Waals surface area contributed by atoms with Crippen LogP contribution in [0, 0.1) is 30.8 Å². The van der Waals surface area contributed by atoms with Crippen molar-refractivity contribution in [3.05, 3.63) is 31.6 Å². The van der Waals surface area contributed by atoms with E-state index in [4.69, 9.17) is 5.26 Å². The molecule has 0 aliphatic heterocycles. The quantitative estimate of drug-likeness (QED) is 0.518. The Morgan fingerprint density at radius 1 is 1.59 bits per heavy atom. The molecule has 2 rings (SSSR count). The van der Waals surface area contributed by atoms with Crippen LogP contribution in [0.15, 0.2) is 12.1 Å². The van der Waals surface area contributed by atoms with Crippen molar-refractivity contribution in [2.45, 2.75) is 18.4 Å². The molecule has 1 saturated carbocycles. The molecule has 17 heavy (non-hydrogen) atoms. The minimum absolute atomic E-state index is 0.0620. The molecule has 0 radical (unpaired) electrons. The number of anilines is 1. The third-order valence-electron chi connectivity index (χ3n) is 2.57. The summed E-state index contributed by atoms with van der Waals surface area (Å²) >= 11 is 1.69. The Kier molecular flexibility index (Phi) is 2.91. The molecule has 0 unspecified atom stereocenters. The van der Waals surface area contributed by atoms with Gasteiger partial charge in [0.05, 0.1) is 14.6 Å². The number of nitrogens with one attached hydrogen (secondary N) is 1. The predicted molar refractivity (Wildman–Crippen MR) is 67.0 cm³/mol. The van der Waals surface area contributed by atoms with Gasteiger partial charge in [-0.2, -0.15) is 5.26 Å². The summed E-state index contributed by atoms with van der Waals surface area (Å²) in [5.74, 6) is -0.535. The van der Waals surface area contributed by atoms with Gasteiger partial charge < -0.3 is 5.32 Å². The highest BCUT2D eigenvalue weighted by molar-refractivity contribution is 14.1. The highest BCUT2D eigenvalue weighted by atomic mass is 127. The summed E-state index contributed by atoms with van der Waals surface area (Å²) in [6, 6.07) is 4.27. The average molecular weight is 347 g/mol. The zero-order valence-electron chi connectivity index (χ0n) is 8.54. The van der Waals surface area contributed by atoms with Crippen molar-refractivity contribution >= 4 is 34.0 Å². The first-order valence-electron chi connectivity index (χ1n) is 4.80. The van der Waals surface area contributed by atoms with Crippen LogP contribution in [0.25, 0.3) is 0 Å². The molecule has 0 aromatic heterocycles. The summed E-state index contributed by atoms with van der Waals surface area (Å²) in [4.78, 5) is 10.3. The lowest BCUT2D eigenvalue weighted by Crippen LogP contribution is -2.19. The Hall–Kier alpha value is -1.43. The number of hydrogen-bond acceptors (Lipinski definition) is 4. The molecule has 7 heteroatoms. The summed E-state index contributed by atoms with van der Waals surface area (Å²) in [7, 11) is 0. The van der Waals surface area contributed by atoms with Crippen molar-refractivity contribution in [2.24, 2.45) is 0 Å². The van der Waals surface area contributed by atoms with E-state index < -0.39 is 16.3 Å². The summed E-state index contributed by atoms with van der Waals surface area (Å²) < 4.78 is 13.6. The smallest absolute Gasteiger partial charge is 0.293 e. The number of benzene rings is 1. The maximum Gasteiger partial charge on any atom is 0.293 e. The molecule has 0 saturated heterocycles. The van der Waals surface area contributed by atoms with Crippen molar-refractivity contribution in [1.29, 1.82) is 5.26 Å². The zero-order chi connectivity index (χ0) is 12.6. The molecule has 1 aliphatic rings. The summed E-state index contributed by atoms with van der Waals surface area (Å²) in [5.41, 5.74) is -0.909. The van der Waals surface area contributed by atoms with E-state index in [0.717, 1.165) is 12.1 Å². The maximum atomic E-state index is 13.4. The Labute approximate surface area is 110 Å². The summed E-state index contributed by atoms with van der Waals surface area (Å²) in [6.07, 6.45) is 1.24. The van der Waals surface area contributed by atoms with Crippen LogP contribution < -0.4 is 5.32 Å². The summed E-state index contributed by atoms with van der Waals surface area (Å²) in [6.45, 7) is 0. The van der Waals surface area contributed by atoms with E-state index in [0.29, 0.717) is 12.8 Å². The molecule has 1 aromatic carbocycles. The van der Waals surface area contributed by atoms with Gasteiger partial charge in [-0.25, -0.2) is 4.39 Å². The van der Waals surface area contributed by atoms with Crippen molar-refractivity contribution < 1.29 is 9.31 Å². The minimum atomic E-state index is -0.760. The molecule has 1 aromatic rings. The van der Waals surface area contributed by atoms with E-state index in [1.807, 2.05) is 6.07 Å². The minimum Gasteiger partial charge on any atom is -0.362 e. The van der Waals surface area contributed by atoms with Gasteiger partial charge in [-0.05, 0) is 35.4 Å². The number of nitrogens with zero attached hydrogens (tertiary/aromatic N) is 2. The van der Waals surface area contributed by atoms with Gasteiger partial charge in [0.15, 0.2) is 0 Å². The zero-order valence-corrected chi connectivity index (χ0v) is 10.7. The van der Waals surface area contributed by atoms with Crippen molar-refractivity contribution in [3.63, 3.8) is 0 Å². The Balaban J connectivity index is 2.42. The van der Waals surface area contributed by atoms with Crippen LogP contribution >= 0.6 is 22.6 Å². The van der Waals surface area contributed by atoms with Gasteiger partial charge in [0.2, 0.25) is 0 Å². The first-order valence-corrected chi connectivity index (χ1v) is 5.88. The van der Waals surface area contributed by atoms with E-state index in [1.54, 1.807) is 22.6 Å². The van der Waals surface area contributed by atoms with Gasteiger partial charge in [-0.3, -0.25) is 10.1 Å². The monoisotopic (exact) mass is 347 g/mol. The topological polar surface area (TPSA) is 79.0 Å². The van der Waals surface area contributed by atoms with E-state index in [2.05, 4.69) is 5.32 Å². The van der Waals surface area contributed by atoms with Gasteiger partial charge >= 0.3 is 0 Å². The van der Waals surface area contributed by atoms with Gasteiger partial charge in [0, 0.05) is 12.1 Å². The van der Waals surface area contributed by atoms with Gasteiger partial charge in [0.25, 0.3) is 5.69 Å². The van der Waals surface area contributed by atoms with Crippen LogP contribution in [0.4, 0.5) is 15.8 Å². The molecule has 1 N–H and O–H groups in total. The fourth-order valence-corrected chi connectivity index (χ4v) is 1.89. The predicted octanol–water partition coefficient (Wildman–Crippen LogP) is 2.81. The molecule has 0 heterocycles. The number of nitro groups is 1. The van der Waals surface area contributed by atoms with Gasteiger partial charge in [0.1, 0.15) is 17.0 Å². The fraction of sp³-hybridized carbons (Fsp3) is 0.300. The molecule has 0 spiro atoms. The van der Waals surface area contributed by atoms with Crippen LogP contribution in [-0.2, 0) is 0 Å². The molecule has 5 nitrogen and oxygen atoms in total. The standard InChI is InChI=1S/C10H7FIN3O2/c11-6-3-8(14-10(5-13)1-2-10)9(15(16)17)4-7(6)12/h3-4,14H,1-2H2. The first-order chi connectivity index (χ1) is 7.97. The van der Waals surface area contributed by atoms with E-state index in [-0.39, 0.29) is 14.9 Å². The molecule has 88 valence electrons. The van der Waals surface area contributed by atoms with Crippen molar-refractivity contribution in [3.8, 4) is 6.07 Å². The lowest BCUT2D eigenvalue weighted by Gasteiger charge is -2.11. The Morgan fingerprint density at radius 2 is 2.24 bits per heavy atom. The number of nitriles is 1. The lowest BCUT2D eigenvalue weighted by atomic mass is 10.2. The SMILES string of the molecule is N#CC1(Nc2cc(F)c(I)cc2[N+](=O)[O-])CC1. The maximum absolute atomic E-state index is 13.4. The van der Waals surface area contributed by atoms with Crippen molar-refractivity contribution in [1.82, 2.24) is 0 Å². The third-order valence-corrected chi connectivity index (χ3v) is 3.40. The van der Waals surface area contributed by atoms with Crippen LogP contribution in [0.5, 0.6) is 0 Å². The Bertz CT molecular complexity index is 537. The fourth-order valence-electron chi connectivity index (χ4n) is 1.44. The molecule has 0 bridgehead atoms. The highest BCUT2D eigenvalue weighted by Crippen LogP contribution is 2.41. The van der Waals surface area contributed by atoms with Crippen LogP contribution in [-0.4, -0.2) is 10.5 Å². The first kappa shape index (κ1) is 12.0. The molecule has 1 fully saturated rings. The van der Waals surface area contributed by atoms with E-state index in [1.165, 1.54) is 0 Å². The second-order valence-electron chi connectivity index (χ2n) is 3.86. The highest BCUT2D eigenvalue weighted by Gasteiger charge is 2.44. The van der Waals surface area contributed by atoms with Crippen LogP contribution in [0.3, 0.4) is 0 Å². The second kappa shape index (κ2) is 4.10. The largest absolute Gasteiger partial charge is 0.362 e. The number of rotatable bonds is 3. The van der Waals surface area contributed by atoms with Gasteiger partial charge in [-0.15, -0.1) is 0 Å².